The van der Waals surface area contributed by atoms with Crippen molar-refractivity contribution in [2.45, 2.75) is 6.92 Å². The molecule has 0 saturated carbocycles. The maximum absolute atomic E-state index is 11.9. The summed E-state index contributed by atoms with van der Waals surface area (Å²) >= 11 is 5.36. The van der Waals surface area contributed by atoms with Gasteiger partial charge in [0.15, 0.2) is 18.1 Å². The van der Waals surface area contributed by atoms with Crippen LogP contribution in [0.2, 0.25) is 0 Å². The zero-order valence-electron chi connectivity index (χ0n) is 14.2. The fraction of sp³-hybridized carbons (Fsp3) is 0.167. The Morgan fingerprint density at radius 1 is 1.37 bits per heavy atom. The van der Waals surface area contributed by atoms with E-state index in [1.165, 1.54) is 6.21 Å². The Balaban J connectivity index is 1.97. The van der Waals surface area contributed by atoms with Gasteiger partial charge in [0.2, 0.25) is 0 Å². The molecule has 140 valence electrons. The van der Waals surface area contributed by atoms with Crippen molar-refractivity contribution in [1.29, 1.82) is 5.26 Å². The van der Waals surface area contributed by atoms with Crippen LogP contribution in [-0.4, -0.2) is 30.4 Å². The lowest BCUT2D eigenvalue weighted by molar-refractivity contribution is -0.123. The second-order valence-corrected chi connectivity index (χ2v) is 7.27. The highest BCUT2D eigenvalue weighted by atomic mass is 127. The third-order valence-electron chi connectivity index (χ3n) is 3.18. The second kappa shape index (κ2) is 10.1. The number of carbonyl (C=O) groups is 1. The van der Waals surface area contributed by atoms with Gasteiger partial charge in [0.05, 0.1) is 18.4 Å². The van der Waals surface area contributed by atoms with Crippen LogP contribution in [0.15, 0.2) is 39.9 Å². The molecule has 0 aliphatic carbocycles. The van der Waals surface area contributed by atoms with E-state index in [1.807, 2.05) is 13.0 Å². The average molecular weight is 544 g/mol. The molecule has 27 heavy (non-hydrogen) atoms. The number of carbonyl (C=O) groups excluding carboxylic acids is 1. The van der Waals surface area contributed by atoms with Crippen LogP contribution in [-0.2, 0) is 4.79 Å². The topological polar surface area (TPSA) is 104 Å². The number of nitrogens with one attached hydrogen (secondary N) is 1. The standard InChI is InChI=1S/C18H15BrIN3O4/c1-2-26-16-7-14(20)6-12(18(16)25)9-22-23-17(24)10-27-15-4-3-13(19)5-11(15)8-21/h3-7,9,25H,2,10H2,1H3,(H,23,24). The Hall–Kier alpha value is -2.32. The molecule has 7 nitrogen and oxygen atoms in total. The SMILES string of the molecule is CCOc1cc(I)cc(C=NNC(=O)COc2ccc(Br)cc2C#N)c1O. The Bertz CT molecular complexity index is 912. The summed E-state index contributed by atoms with van der Waals surface area (Å²) in [5.41, 5.74) is 3.03. The number of hydrazone groups is 1. The molecular weight excluding hydrogens is 529 g/mol. The minimum absolute atomic E-state index is 0.0555. The van der Waals surface area contributed by atoms with Gasteiger partial charge in [-0.2, -0.15) is 10.4 Å². The summed E-state index contributed by atoms with van der Waals surface area (Å²) in [7, 11) is 0. The highest BCUT2D eigenvalue weighted by Crippen LogP contribution is 2.31. The Kier molecular flexibility index (Phi) is 7.87. The van der Waals surface area contributed by atoms with Crippen molar-refractivity contribution in [2.75, 3.05) is 13.2 Å². The van der Waals surface area contributed by atoms with Gasteiger partial charge in [-0.25, -0.2) is 5.43 Å². The van der Waals surface area contributed by atoms with E-state index in [2.05, 4.69) is 49.0 Å². The van der Waals surface area contributed by atoms with Crippen molar-refractivity contribution in [3.8, 4) is 23.3 Å². The number of halogens is 2. The molecule has 0 fully saturated rings. The van der Waals surface area contributed by atoms with Crippen LogP contribution in [0.25, 0.3) is 0 Å². The van der Waals surface area contributed by atoms with Crippen LogP contribution < -0.4 is 14.9 Å². The van der Waals surface area contributed by atoms with Crippen LogP contribution in [0.1, 0.15) is 18.1 Å². The Morgan fingerprint density at radius 3 is 2.85 bits per heavy atom. The van der Waals surface area contributed by atoms with Crippen LogP contribution in [0.4, 0.5) is 0 Å². The molecule has 0 radical (unpaired) electrons. The van der Waals surface area contributed by atoms with Crippen molar-refractivity contribution in [1.82, 2.24) is 5.43 Å². The number of benzene rings is 2. The second-order valence-electron chi connectivity index (χ2n) is 5.11. The fourth-order valence-electron chi connectivity index (χ4n) is 2.02. The zero-order chi connectivity index (χ0) is 19.8. The fourth-order valence-corrected chi connectivity index (χ4v) is 3.00. The summed E-state index contributed by atoms with van der Waals surface area (Å²) < 4.78 is 12.3. The van der Waals surface area contributed by atoms with Gasteiger partial charge in [0.1, 0.15) is 11.8 Å². The predicted molar refractivity (Wildman–Crippen MR) is 112 cm³/mol. The van der Waals surface area contributed by atoms with Gasteiger partial charge in [0.25, 0.3) is 5.91 Å². The molecule has 0 aliphatic heterocycles. The van der Waals surface area contributed by atoms with Gasteiger partial charge in [-0.3, -0.25) is 4.79 Å². The van der Waals surface area contributed by atoms with Crippen LogP contribution in [0, 0.1) is 14.9 Å². The van der Waals surface area contributed by atoms with E-state index >= 15 is 0 Å². The molecule has 0 aliphatic rings. The summed E-state index contributed by atoms with van der Waals surface area (Å²) in [5.74, 6) is 0.0875. The molecule has 1 amide bonds. The monoisotopic (exact) mass is 543 g/mol. The van der Waals surface area contributed by atoms with Crippen LogP contribution >= 0.6 is 38.5 Å². The van der Waals surface area contributed by atoms with Gasteiger partial charge in [-0.05, 0) is 59.8 Å². The first-order chi connectivity index (χ1) is 12.9. The van der Waals surface area contributed by atoms with E-state index in [4.69, 9.17) is 14.7 Å². The molecule has 0 unspecified atom stereocenters. The highest BCUT2D eigenvalue weighted by Gasteiger charge is 2.10. The van der Waals surface area contributed by atoms with Crippen LogP contribution in [0.5, 0.6) is 17.2 Å². The molecule has 2 rings (SSSR count). The number of nitriles is 1. The molecule has 0 atom stereocenters. The van der Waals surface area contributed by atoms with Gasteiger partial charge in [0, 0.05) is 13.6 Å². The summed E-state index contributed by atoms with van der Waals surface area (Å²) in [5, 5.41) is 23.0. The molecule has 2 aromatic rings. The molecule has 2 aromatic carbocycles. The summed E-state index contributed by atoms with van der Waals surface area (Å²) in [6, 6.07) is 10.3. The first-order valence-corrected chi connectivity index (χ1v) is 9.61. The first-order valence-electron chi connectivity index (χ1n) is 7.74. The van der Waals surface area contributed by atoms with Gasteiger partial charge >= 0.3 is 0 Å². The number of hydrogen-bond acceptors (Lipinski definition) is 6. The summed E-state index contributed by atoms with van der Waals surface area (Å²) in [6.45, 7) is 1.92. The zero-order valence-corrected chi connectivity index (χ0v) is 17.9. The number of nitrogens with zero attached hydrogens (tertiary/aromatic N) is 2. The van der Waals surface area contributed by atoms with E-state index in [9.17, 15) is 9.90 Å². The lowest BCUT2D eigenvalue weighted by Gasteiger charge is -2.09. The van der Waals surface area contributed by atoms with Crippen LogP contribution in [0.3, 0.4) is 0 Å². The van der Waals surface area contributed by atoms with Crippen molar-refractivity contribution >= 4 is 50.6 Å². The number of aromatic hydroxyl groups is 1. The average Bonchev–Trinajstić information content (AvgIpc) is 2.64. The molecule has 9 heteroatoms. The predicted octanol–water partition coefficient (Wildman–Crippen LogP) is 3.56. The molecule has 0 bridgehead atoms. The van der Waals surface area contributed by atoms with Crippen molar-refractivity contribution in [2.24, 2.45) is 5.10 Å². The smallest absolute Gasteiger partial charge is 0.277 e. The van der Waals surface area contributed by atoms with Crippen molar-refractivity contribution in [3.05, 3.63) is 49.5 Å². The minimum atomic E-state index is -0.506. The molecule has 2 N–H and O–H groups in total. The Labute approximate surface area is 178 Å². The number of phenols is 1. The van der Waals surface area contributed by atoms with Crippen molar-refractivity contribution < 1.29 is 19.4 Å². The van der Waals surface area contributed by atoms with Crippen molar-refractivity contribution in [3.63, 3.8) is 0 Å². The summed E-state index contributed by atoms with van der Waals surface area (Å²) in [6.07, 6.45) is 1.32. The van der Waals surface area contributed by atoms with E-state index in [0.717, 1.165) is 8.04 Å². The molecule has 0 aromatic heterocycles. The van der Waals surface area contributed by atoms with E-state index < -0.39 is 5.91 Å². The lowest BCUT2D eigenvalue weighted by Crippen LogP contribution is -2.24. The minimum Gasteiger partial charge on any atom is -0.504 e. The largest absolute Gasteiger partial charge is 0.504 e. The third kappa shape index (κ3) is 6.11. The molecular formula is C18H15BrIN3O4. The number of phenolic OH excluding ortho intramolecular Hbond substituents is 1. The summed E-state index contributed by atoms with van der Waals surface area (Å²) in [4.78, 5) is 11.9. The maximum atomic E-state index is 11.9. The van der Waals surface area contributed by atoms with Gasteiger partial charge < -0.3 is 14.6 Å². The number of hydrogen-bond donors (Lipinski definition) is 2. The normalized spacial score (nSPS) is 10.4. The van der Waals surface area contributed by atoms with E-state index in [1.54, 1.807) is 30.3 Å². The quantitative estimate of drug-likeness (QED) is 0.316. The molecule has 0 heterocycles. The number of amides is 1. The third-order valence-corrected chi connectivity index (χ3v) is 4.30. The Morgan fingerprint density at radius 2 is 2.15 bits per heavy atom. The first kappa shape index (κ1) is 21.0. The lowest BCUT2D eigenvalue weighted by atomic mass is 10.2. The van der Waals surface area contributed by atoms with Gasteiger partial charge in [-0.1, -0.05) is 15.9 Å². The molecule has 0 saturated heterocycles. The van der Waals surface area contributed by atoms with Gasteiger partial charge in [-0.15, -0.1) is 0 Å². The molecule has 0 spiro atoms. The maximum Gasteiger partial charge on any atom is 0.277 e. The number of ether oxygens (including phenoxy) is 2. The highest BCUT2D eigenvalue weighted by molar-refractivity contribution is 14.1. The van der Waals surface area contributed by atoms with E-state index in [-0.39, 0.29) is 12.4 Å². The number of rotatable bonds is 7. The van der Waals surface area contributed by atoms with E-state index in [0.29, 0.717) is 29.2 Å².